The molecule has 2 aliphatic carbocycles. The molecule has 1 nitrogen and oxygen atoms in total. The highest BCUT2D eigenvalue weighted by Crippen LogP contribution is 2.38. The molecule has 0 spiro atoms. The zero-order valence-corrected chi connectivity index (χ0v) is 11.9. The average Bonchev–Trinajstić information content (AvgIpc) is 2.39. The maximum atomic E-state index is 3.86. The molecule has 0 aromatic rings. The Morgan fingerprint density at radius 2 is 1.35 bits per heavy atom. The van der Waals surface area contributed by atoms with Gasteiger partial charge in [0.15, 0.2) is 0 Å². The van der Waals surface area contributed by atoms with Gasteiger partial charge in [0.25, 0.3) is 0 Å². The topological polar surface area (TPSA) is 12.0 Å². The minimum Gasteiger partial charge on any atom is -0.313 e. The molecule has 1 N–H and O–H groups in total. The van der Waals surface area contributed by atoms with Crippen LogP contribution in [0.5, 0.6) is 0 Å². The van der Waals surface area contributed by atoms with E-state index in [1.54, 1.807) is 0 Å². The fraction of sp³-hybridized carbons (Fsp3) is 1.00. The van der Waals surface area contributed by atoms with Gasteiger partial charge in [-0.1, -0.05) is 52.4 Å². The molecule has 0 bridgehead atoms. The summed E-state index contributed by atoms with van der Waals surface area (Å²) in [5.74, 6) is 0.965. The molecule has 17 heavy (non-hydrogen) atoms. The van der Waals surface area contributed by atoms with Crippen molar-refractivity contribution >= 4 is 0 Å². The molecule has 0 aliphatic heterocycles. The van der Waals surface area contributed by atoms with Gasteiger partial charge in [0.2, 0.25) is 0 Å². The van der Waals surface area contributed by atoms with Gasteiger partial charge >= 0.3 is 0 Å². The van der Waals surface area contributed by atoms with E-state index in [0.717, 1.165) is 12.0 Å². The fourth-order valence-corrected chi connectivity index (χ4v) is 3.74. The standard InChI is InChI=1S/C16H31N/c1-16(2,14-9-5-3-6-10-14)13-17-15-11-7-4-8-12-15/h14-15,17H,3-13H2,1-2H3. The van der Waals surface area contributed by atoms with E-state index in [4.69, 9.17) is 0 Å². The maximum absolute atomic E-state index is 3.86. The highest BCUT2D eigenvalue weighted by atomic mass is 14.9. The summed E-state index contributed by atoms with van der Waals surface area (Å²) in [4.78, 5) is 0. The predicted molar refractivity (Wildman–Crippen MR) is 75.2 cm³/mol. The Bertz CT molecular complexity index is 210. The SMILES string of the molecule is CC(C)(CNC1CCCCC1)C1CCCCC1. The first-order chi connectivity index (χ1) is 8.18. The summed E-state index contributed by atoms with van der Waals surface area (Å²) in [6.07, 6.45) is 14.5. The number of hydrogen-bond donors (Lipinski definition) is 1. The average molecular weight is 237 g/mol. The van der Waals surface area contributed by atoms with Crippen molar-refractivity contribution in [3.8, 4) is 0 Å². The minimum absolute atomic E-state index is 0.512. The van der Waals surface area contributed by atoms with Gasteiger partial charge in [0.05, 0.1) is 0 Å². The van der Waals surface area contributed by atoms with Crippen LogP contribution in [-0.4, -0.2) is 12.6 Å². The Morgan fingerprint density at radius 1 is 0.824 bits per heavy atom. The van der Waals surface area contributed by atoms with Gasteiger partial charge in [-0.3, -0.25) is 0 Å². The predicted octanol–water partition coefficient (Wildman–Crippen LogP) is 4.52. The Labute approximate surface area is 108 Å². The lowest BCUT2D eigenvalue weighted by Crippen LogP contribution is -2.41. The lowest BCUT2D eigenvalue weighted by atomic mass is 9.71. The lowest BCUT2D eigenvalue weighted by molar-refractivity contribution is 0.145. The summed E-state index contributed by atoms with van der Waals surface area (Å²) in [5, 5.41) is 3.86. The van der Waals surface area contributed by atoms with Crippen LogP contribution >= 0.6 is 0 Å². The molecule has 2 rings (SSSR count). The van der Waals surface area contributed by atoms with Crippen LogP contribution in [0.4, 0.5) is 0 Å². The Balaban J connectivity index is 1.75. The van der Waals surface area contributed by atoms with E-state index >= 15 is 0 Å². The quantitative estimate of drug-likeness (QED) is 0.758. The maximum Gasteiger partial charge on any atom is 0.00672 e. The van der Waals surface area contributed by atoms with Crippen LogP contribution in [0.1, 0.15) is 78.1 Å². The van der Waals surface area contributed by atoms with Crippen LogP contribution < -0.4 is 5.32 Å². The Kier molecular flexibility index (Phi) is 4.90. The van der Waals surface area contributed by atoms with E-state index in [1.807, 2.05) is 0 Å². The summed E-state index contributed by atoms with van der Waals surface area (Å²) in [7, 11) is 0. The molecule has 0 saturated heterocycles. The van der Waals surface area contributed by atoms with Crippen molar-refractivity contribution in [2.24, 2.45) is 11.3 Å². The van der Waals surface area contributed by atoms with E-state index in [-0.39, 0.29) is 0 Å². The van der Waals surface area contributed by atoms with Gasteiger partial charge in [-0.05, 0) is 37.0 Å². The second-order valence-electron chi connectivity index (χ2n) is 7.04. The largest absolute Gasteiger partial charge is 0.313 e. The number of hydrogen-bond acceptors (Lipinski definition) is 1. The van der Waals surface area contributed by atoms with E-state index in [0.29, 0.717) is 5.41 Å². The van der Waals surface area contributed by atoms with Crippen LogP contribution in [0.15, 0.2) is 0 Å². The van der Waals surface area contributed by atoms with Crippen molar-refractivity contribution in [2.75, 3.05) is 6.54 Å². The second kappa shape index (κ2) is 6.22. The van der Waals surface area contributed by atoms with Crippen molar-refractivity contribution < 1.29 is 0 Å². The molecule has 0 heterocycles. The molecule has 0 aromatic carbocycles. The highest BCUT2D eigenvalue weighted by molar-refractivity contribution is 4.84. The molecule has 100 valence electrons. The molecular weight excluding hydrogens is 206 g/mol. The van der Waals surface area contributed by atoms with Crippen LogP contribution in [0.25, 0.3) is 0 Å². The van der Waals surface area contributed by atoms with Crippen LogP contribution in [0.2, 0.25) is 0 Å². The molecule has 0 unspecified atom stereocenters. The minimum atomic E-state index is 0.512. The van der Waals surface area contributed by atoms with E-state index in [2.05, 4.69) is 19.2 Å². The molecule has 0 aromatic heterocycles. The first-order valence-electron chi connectivity index (χ1n) is 7.92. The van der Waals surface area contributed by atoms with E-state index in [1.165, 1.54) is 70.8 Å². The zero-order valence-electron chi connectivity index (χ0n) is 11.9. The van der Waals surface area contributed by atoms with Crippen molar-refractivity contribution in [2.45, 2.75) is 84.1 Å². The van der Waals surface area contributed by atoms with Crippen molar-refractivity contribution in [3.05, 3.63) is 0 Å². The van der Waals surface area contributed by atoms with Gasteiger partial charge in [-0.2, -0.15) is 0 Å². The van der Waals surface area contributed by atoms with Crippen molar-refractivity contribution in [3.63, 3.8) is 0 Å². The summed E-state index contributed by atoms with van der Waals surface area (Å²) in [5.41, 5.74) is 0.512. The smallest absolute Gasteiger partial charge is 0.00672 e. The third kappa shape index (κ3) is 3.98. The molecule has 2 fully saturated rings. The number of rotatable bonds is 4. The molecule has 0 radical (unpaired) electrons. The molecule has 0 amide bonds. The van der Waals surface area contributed by atoms with Gasteiger partial charge in [0.1, 0.15) is 0 Å². The summed E-state index contributed by atoms with van der Waals surface area (Å²) < 4.78 is 0. The first kappa shape index (κ1) is 13.4. The zero-order chi connectivity index (χ0) is 12.1. The van der Waals surface area contributed by atoms with Crippen molar-refractivity contribution in [1.82, 2.24) is 5.32 Å². The fourth-order valence-electron chi connectivity index (χ4n) is 3.74. The Hall–Kier alpha value is -0.0400. The van der Waals surface area contributed by atoms with Crippen LogP contribution in [0, 0.1) is 11.3 Å². The van der Waals surface area contributed by atoms with E-state index < -0.39 is 0 Å². The normalized spacial score (nSPS) is 25.1. The van der Waals surface area contributed by atoms with Crippen molar-refractivity contribution in [1.29, 1.82) is 0 Å². The van der Waals surface area contributed by atoms with Gasteiger partial charge in [0, 0.05) is 12.6 Å². The first-order valence-corrected chi connectivity index (χ1v) is 7.92. The summed E-state index contributed by atoms with van der Waals surface area (Å²) >= 11 is 0. The van der Waals surface area contributed by atoms with Gasteiger partial charge < -0.3 is 5.32 Å². The molecule has 2 aliphatic rings. The molecule has 2 saturated carbocycles. The third-order valence-corrected chi connectivity index (χ3v) is 5.16. The van der Waals surface area contributed by atoms with Gasteiger partial charge in [-0.25, -0.2) is 0 Å². The van der Waals surface area contributed by atoms with Gasteiger partial charge in [-0.15, -0.1) is 0 Å². The third-order valence-electron chi connectivity index (χ3n) is 5.16. The van der Waals surface area contributed by atoms with Crippen LogP contribution in [-0.2, 0) is 0 Å². The lowest BCUT2D eigenvalue weighted by Gasteiger charge is -2.38. The van der Waals surface area contributed by atoms with E-state index in [9.17, 15) is 0 Å². The Morgan fingerprint density at radius 3 is 1.94 bits per heavy atom. The monoisotopic (exact) mass is 237 g/mol. The second-order valence-corrected chi connectivity index (χ2v) is 7.04. The molecular formula is C16H31N. The molecule has 1 heteroatoms. The summed E-state index contributed by atoms with van der Waals surface area (Å²) in [6.45, 7) is 6.21. The highest BCUT2D eigenvalue weighted by Gasteiger charge is 2.30. The summed E-state index contributed by atoms with van der Waals surface area (Å²) in [6, 6.07) is 0.826. The van der Waals surface area contributed by atoms with Crippen LogP contribution in [0.3, 0.4) is 0 Å². The number of nitrogens with one attached hydrogen (secondary N) is 1. The molecule has 0 atom stereocenters.